The van der Waals surface area contributed by atoms with E-state index in [9.17, 15) is 4.79 Å². The zero-order valence-electron chi connectivity index (χ0n) is 17.3. The molecule has 1 aromatic carbocycles. The van der Waals surface area contributed by atoms with Gasteiger partial charge in [-0.1, -0.05) is 24.8 Å². The maximum atomic E-state index is 12.4. The van der Waals surface area contributed by atoms with Crippen LogP contribution in [0.25, 0.3) is 10.8 Å². The summed E-state index contributed by atoms with van der Waals surface area (Å²) in [7, 11) is 0. The molecule has 9 heteroatoms. The molecule has 0 saturated heterocycles. The number of aromatic nitrogens is 2. The van der Waals surface area contributed by atoms with Crippen LogP contribution in [0.2, 0.25) is 0 Å². The van der Waals surface area contributed by atoms with Crippen molar-refractivity contribution < 1.29 is 18.7 Å². The van der Waals surface area contributed by atoms with Gasteiger partial charge in [-0.3, -0.25) is 4.79 Å². The van der Waals surface area contributed by atoms with Crippen LogP contribution in [0.5, 0.6) is 11.5 Å². The minimum absolute atomic E-state index is 0.101. The predicted octanol–water partition coefficient (Wildman–Crippen LogP) is 4.62. The van der Waals surface area contributed by atoms with Gasteiger partial charge in [0.1, 0.15) is 0 Å². The SMILES string of the molecule is C[C@@H]1CCc2sc(-c3nnc(SCC(=O)N[C@H](C)c4ccc5c(c4)OCO5)o3)cc2C1. The summed E-state index contributed by atoms with van der Waals surface area (Å²) in [6.45, 7) is 4.46. The van der Waals surface area contributed by atoms with Gasteiger partial charge in [0, 0.05) is 4.88 Å². The van der Waals surface area contributed by atoms with Gasteiger partial charge in [-0.05, 0) is 61.4 Å². The second-order valence-electron chi connectivity index (χ2n) is 7.97. The van der Waals surface area contributed by atoms with Gasteiger partial charge in [0.2, 0.25) is 12.7 Å². The summed E-state index contributed by atoms with van der Waals surface area (Å²) in [4.78, 5) is 14.8. The fourth-order valence-corrected chi connectivity index (χ4v) is 5.56. The maximum absolute atomic E-state index is 12.4. The second-order valence-corrected chi connectivity index (χ2v) is 10.0. The fourth-order valence-electron chi connectivity index (χ4n) is 3.86. The molecule has 2 atom stereocenters. The van der Waals surface area contributed by atoms with E-state index in [0.29, 0.717) is 16.9 Å². The Balaban J connectivity index is 1.16. The monoisotopic (exact) mass is 457 g/mol. The lowest BCUT2D eigenvalue weighted by molar-refractivity contribution is -0.119. The molecule has 1 aliphatic carbocycles. The first kappa shape index (κ1) is 20.4. The van der Waals surface area contributed by atoms with Crippen molar-refractivity contribution in [3.63, 3.8) is 0 Å². The van der Waals surface area contributed by atoms with E-state index in [2.05, 4.69) is 28.5 Å². The highest BCUT2D eigenvalue weighted by Crippen LogP contribution is 2.37. The van der Waals surface area contributed by atoms with E-state index in [-0.39, 0.29) is 24.5 Å². The largest absolute Gasteiger partial charge is 0.454 e. The molecule has 1 N–H and O–H groups in total. The summed E-state index contributed by atoms with van der Waals surface area (Å²) in [5.41, 5.74) is 2.36. The van der Waals surface area contributed by atoms with E-state index in [4.69, 9.17) is 13.9 Å². The first-order valence-electron chi connectivity index (χ1n) is 10.3. The van der Waals surface area contributed by atoms with Crippen molar-refractivity contribution >= 4 is 29.0 Å². The number of hydrogen-bond donors (Lipinski definition) is 1. The van der Waals surface area contributed by atoms with Crippen LogP contribution in [-0.2, 0) is 17.6 Å². The van der Waals surface area contributed by atoms with Gasteiger partial charge in [0.15, 0.2) is 11.5 Å². The number of nitrogens with one attached hydrogen (secondary N) is 1. The number of ether oxygens (including phenoxy) is 2. The van der Waals surface area contributed by atoms with E-state index in [1.807, 2.05) is 25.1 Å². The third-order valence-corrected chi connectivity index (χ3v) is 7.59. The van der Waals surface area contributed by atoms with Crippen LogP contribution < -0.4 is 14.8 Å². The number of carbonyl (C=O) groups excluding carboxylic acids is 1. The van der Waals surface area contributed by atoms with Crippen LogP contribution >= 0.6 is 23.1 Å². The normalized spacial score (nSPS) is 17.9. The zero-order chi connectivity index (χ0) is 21.4. The third kappa shape index (κ3) is 4.43. The average molecular weight is 458 g/mol. The minimum atomic E-state index is -0.152. The van der Waals surface area contributed by atoms with Crippen LogP contribution in [0.3, 0.4) is 0 Å². The molecule has 3 heterocycles. The summed E-state index contributed by atoms with van der Waals surface area (Å²) < 4.78 is 16.5. The lowest BCUT2D eigenvalue weighted by Gasteiger charge is -2.16. The summed E-state index contributed by atoms with van der Waals surface area (Å²) in [5, 5.41) is 11.7. The first-order valence-corrected chi connectivity index (χ1v) is 12.1. The lowest BCUT2D eigenvalue weighted by atomic mass is 9.90. The molecule has 0 unspecified atom stereocenters. The molecule has 0 saturated carbocycles. The van der Waals surface area contributed by atoms with Gasteiger partial charge in [-0.15, -0.1) is 21.5 Å². The van der Waals surface area contributed by atoms with Crippen LogP contribution in [0.1, 0.15) is 42.3 Å². The minimum Gasteiger partial charge on any atom is -0.454 e. The molecular formula is C22H23N3O4S2. The van der Waals surface area contributed by atoms with Gasteiger partial charge in [0.05, 0.1) is 16.7 Å². The van der Waals surface area contributed by atoms with E-state index in [0.717, 1.165) is 34.9 Å². The molecule has 1 amide bonds. The first-order chi connectivity index (χ1) is 15.0. The van der Waals surface area contributed by atoms with E-state index < -0.39 is 0 Å². The standard InChI is InChI=1S/C22H23N3O4S2/c1-12-3-6-18-15(7-12)9-19(31-18)21-24-25-22(29-21)30-10-20(26)23-13(2)14-4-5-16-17(8-14)28-11-27-16/h4-5,8-9,12-13H,3,6-7,10-11H2,1-2H3,(H,23,26)/t12-,13-/m1/s1. The molecule has 5 rings (SSSR count). The summed E-state index contributed by atoms with van der Waals surface area (Å²) >= 11 is 2.98. The molecule has 31 heavy (non-hydrogen) atoms. The average Bonchev–Trinajstić information content (AvgIpc) is 3.49. The molecule has 0 spiro atoms. The highest BCUT2D eigenvalue weighted by atomic mass is 32.2. The number of hydrogen-bond acceptors (Lipinski definition) is 8. The number of thioether (sulfide) groups is 1. The number of aryl methyl sites for hydroxylation is 1. The fraction of sp³-hybridized carbons (Fsp3) is 0.409. The Bertz CT molecular complexity index is 1110. The summed E-state index contributed by atoms with van der Waals surface area (Å²) in [6.07, 6.45) is 3.47. The van der Waals surface area contributed by atoms with Gasteiger partial charge in [-0.2, -0.15) is 0 Å². The van der Waals surface area contributed by atoms with Crippen molar-refractivity contribution in [3.8, 4) is 22.3 Å². The van der Waals surface area contributed by atoms with E-state index in [1.54, 1.807) is 11.3 Å². The highest BCUT2D eigenvalue weighted by Gasteiger charge is 2.21. The molecule has 3 aromatic rings. The molecule has 0 fully saturated rings. The Morgan fingerprint density at radius 3 is 3.06 bits per heavy atom. The Morgan fingerprint density at radius 1 is 1.29 bits per heavy atom. The van der Waals surface area contributed by atoms with Crippen molar-refractivity contribution in [2.45, 2.75) is 44.4 Å². The number of thiophene rings is 1. The van der Waals surface area contributed by atoms with Gasteiger partial charge in [0.25, 0.3) is 11.1 Å². The summed E-state index contributed by atoms with van der Waals surface area (Å²) in [6, 6.07) is 7.71. The van der Waals surface area contributed by atoms with Crippen LogP contribution in [0, 0.1) is 5.92 Å². The van der Waals surface area contributed by atoms with Crippen molar-refractivity contribution in [2.24, 2.45) is 5.92 Å². The Morgan fingerprint density at radius 2 is 2.16 bits per heavy atom. The van der Waals surface area contributed by atoms with Crippen molar-refractivity contribution in [2.75, 3.05) is 12.5 Å². The van der Waals surface area contributed by atoms with Crippen LogP contribution in [0.4, 0.5) is 0 Å². The van der Waals surface area contributed by atoms with Crippen LogP contribution in [0.15, 0.2) is 33.9 Å². The number of benzene rings is 1. The molecule has 162 valence electrons. The molecule has 0 radical (unpaired) electrons. The van der Waals surface area contributed by atoms with Gasteiger partial charge >= 0.3 is 0 Å². The molecule has 7 nitrogen and oxygen atoms in total. The molecular weight excluding hydrogens is 434 g/mol. The number of fused-ring (bicyclic) bond motifs is 2. The predicted molar refractivity (Wildman–Crippen MR) is 119 cm³/mol. The lowest BCUT2D eigenvalue weighted by Crippen LogP contribution is -2.28. The topological polar surface area (TPSA) is 86.5 Å². The molecule has 2 aliphatic rings. The smallest absolute Gasteiger partial charge is 0.277 e. The maximum Gasteiger partial charge on any atom is 0.277 e. The molecule has 2 aromatic heterocycles. The van der Waals surface area contributed by atoms with Gasteiger partial charge < -0.3 is 19.2 Å². The third-order valence-electron chi connectivity index (χ3n) is 5.55. The highest BCUT2D eigenvalue weighted by molar-refractivity contribution is 7.99. The van der Waals surface area contributed by atoms with E-state index in [1.165, 1.54) is 28.6 Å². The Kier molecular flexibility index (Phi) is 5.62. The van der Waals surface area contributed by atoms with Crippen molar-refractivity contribution in [3.05, 3.63) is 40.3 Å². The van der Waals surface area contributed by atoms with Crippen molar-refractivity contribution in [1.82, 2.24) is 15.5 Å². The quantitative estimate of drug-likeness (QED) is 0.541. The Hall–Kier alpha value is -2.52. The summed E-state index contributed by atoms with van der Waals surface area (Å²) in [5.74, 6) is 2.79. The second kappa shape index (κ2) is 8.55. The van der Waals surface area contributed by atoms with E-state index >= 15 is 0 Å². The molecule has 1 aliphatic heterocycles. The number of amides is 1. The van der Waals surface area contributed by atoms with Crippen LogP contribution in [-0.4, -0.2) is 28.7 Å². The number of rotatable bonds is 6. The molecule has 0 bridgehead atoms. The number of nitrogens with zero attached hydrogens (tertiary/aromatic N) is 2. The Labute approximate surface area is 188 Å². The van der Waals surface area contributed by atoms with Crippen molar-refractivity contribution in [1.29, 1.82) is 0 Å². The number of carbonyl (C=O) groups is 1. The van der Waals surface area contributed by atoms with Gasteiger partial charge in [-0.25, -0.2) is 0 Å². The zero-order valence-corrected chi connectivity index (χ0v) is 19.0.